The first-order valence-electron chi connectivity index (χ1n) is 6.13. The Morgan fingerprint density at radius 1 is 1.44 bits per heavy atom. The number of nitrogens with zero attached hydrogens (tertiary/aromatic N) is 1. The molecule has 98 valence electrons. The maximum absolute atomic E-state index is 13.6. The van der Waals surface area contributed by atoms with E-state index in [2.05, 4.69) is 5.32 Å². The van der Waals surface area contributed by atoms with E-state index in [9.17, 15) is 13.6 Å². The number of hydrogen-bond donors (Lipinski definition) is 1. The number of carbonyl (C=O) groups is 1. The molecule has 1 N–H and O–H groups in total. The Hall–Kier alpha value is -1.49. The molecule has 0 aromatic heterocycles. The third-order valence-electron chi connectivity index (χ3n) is 3.05. The fraction of sp³-hybridized carbons (Fsp3) is 0.462. The number of hydrogen-bond acceptors (Lipinski definition) is 2. The lowest BCUT2D eigenvalue weighted by atomic mass is 10.2. The quantitative estimate of drug-likeness (QED) is 0.892. The smallest absolute Gasteiger partial charge is 0.244 e. The van der Waals surface area contributed by atoms with E-state index in [4.69, 9.17) is 0 Å². The Labute approximate surface area is 105 Å². The number of anilines is 1. The molecule has 3 nitrogen and oxygen atoms in total. The average molecular weight is 254 g/mol. The largest absolute Gasteiger partial charge is 0.308 e. The van der Waals surface area contributed by atoms with Gasteiger partial charge in [0.15, 0.2) is 0 Å². The molecule has 0 bridgehead atoms. The molecule has 1 atom stereocenters. The first kappa shape index (κ1) is 13.0. The van der Waals surface area contributed by atoms with Crippen LogP contribution in [0.4, 0.5) is 14.5 Å². The highest BCUT2D eigenvalue weighted by Crippen LogP contribution is 2.25. The minimum absolute atomic E-state index is 0.144. The van der Waals surface area contributed by atoms with Gasteiger partial charge in [0.1, 0.15) is 11.6 Å². The summed E-state index contributed by atoms with van der Waals surface area (Å²) in [4.78, 5) is 13.4. The van der Waals surface area contributed by atoms with Crippen molar-refractivity contribution in [1.29, 1.82) is 0 Å². The fourth-order valence-electron chi connectivity index (χ4n) is 2.13. The second-order valence-electron chi connectivity index (χ2n) is 4.38. The van der Waals surface area contributed by atoms with Gasteiger partial charge in [0.2, 0.25) is 5.91 Å². The van der Waals surface area contributed by atoms with Gasteiger partial charge in [-0.05, 0) is 31.5 Å². The van der Waals surface area contributed by atoms with Crippen molar-refractivity contribution in [2.75, 3.05) is 18.0 Å². The Kier molecular flexibility index (Phi) is 3.91. The van der Waals surface area contributed by atoms with Crippen molar-refractivity contribution in [2.24, 2.45) is 0 Å². The summed E-state index contributed by atoms with van der Waals surface area (Å²) in [6.45, 7) is 3.24. The van der Waals surface area contributed by atoms with Crippen LogP contribution in [0.3, 0.4) is 0 Å². The molecular formula is C13H16F2N2O. The van der Waals surface area contributed by atoms with Gasteiger partial charge in [-0.2, -0.15) is 0 Å². The molecule has 18 heavy (non-hydrogen) atoms. The van der Waals surface area contributed by atoms with Crippen LogP contribution in [0.1, 0.15) is 19.8 Å². The zero-order valence-corrected chi connectivity index (χ0v) is 10.2. The van der Waals surface area contributed by atoms with Crippen molar-refractivity contribution in [3.8, 4) is 0 Å². The predicted octanol–water partition coefficient (Wildman–Crippen LogP) is 2.07. The number of halogens is 2. The average Bonchev–Trinajstić information content (AvgIpc) is 2.68. The van der Waals surface area contributed by atoms with Gasteiger partial charge in [-0.3, -0.25) is 4.79 Å². The Morgan fingerprint density at radius 3 is 2.89 bits per heavy atom. The van der Waals surface area contributed by atoms with Gasteiger partial charge in [-0.1, -0.05) is 6.92 Å². The van der Waals surface area contributed by atoms with E-state index in [0.717, 1.165) is 19.0 Å². The molecule has 1 amide bonds. The lowest BCUT2D eigenvalue weighted by molar-refractivity contribution is -0.118. The molecule has 2 rings (SSSR count). The summed E-state index contributed by atoms with van der Waals surface area (Å²) in [5.74, 6) is -1.47. The molecule has 1 aromatic carbocycles. The van der Waals surface area contributed by atoms with Crippen LogP contribution in [0, 0.1) is 11.6 Å². The van der Waals surface area contributed by atoms with E-state index < -0.39 is 11.6 Å². The highest BCUT2D eigenvalue weighted by molar-refractivity contribution is 5.99. The van der Waals surface area contributed by atoms with Gasteiger partial charge in [-0.15, -0.1) is 0 Å². The van der Waals surface area contributed by atoms with Crippen molar-refractivity contribution in [3.05, 3.63) is 29.8 Å². The monoisotopic (exact) mass is 254 g/mol. The highest BCUT2D eigenvalue weighted by atomic mass is 19.1. The minimum Gasteiger partial charge on any atom is -0.308 e. The maximum atomic E-state index is 13.6. The summed E-state index contributed by atoms with van der Waals surface area (Å²) in [6, 6.07) is 3.02. The first-order valence-corrected chi connectivity index (χ1v) is 6.13. The molecular weight excluding hydrogens is 238 g/mol. The van der Waals surface area contributed by atoms with Crippen molar-refractivity contribution in [2.45, 2.75) is 25.8 Å². The van der Waals surface area contributed by atoms with Crippen LogP contribution in [0.5, 0.6) is 0 Å². The van der Waals surface area contributed by atoms with Gasteiger partial charge < -0.3 is 10.2 Å². The zero-order valence-electron chi connectivity index (χ0n) is 10.2. The summed E-state index contributed by atoms with van der Waals surface area (Å²) in [7, 11) is 0. The molecule has 0 spiro atoms. The first-order chi connectivity index (χ1) is 8.63. The van der Waals surface area contributed by atoms with Gasteiger partial charge in [0.25, 0.3) is 0 Å². The number of carbonyl (C=O) groups excluding carboxylic acids is 1. The second-order valence-corrected chi connectivity index (χ2v) is 4.38. The summed E-state index contributed by atoms with van der Waals surface area (Å²) in [6.07, 6.45) is 1.59. The van der Waals surface area contributed by atoms with Gasteiger partial charge in [0.05, 0.1) is 11.7 Å². The van der Waals surface area contributed by atoms with E-state index in [1.54, 1.807) is 0 Å². The molecule has 5 heteroatoms. The summed E-state index contributed by atoms with van der Waals surface area (Å²) >= 11 is 0. The highest BCUT2D eigenvalue weighted by Gasteiger charge is 2.33. The van der Waals surface area contributed by atoms with Crippen molar-refractivity contribution >= 4 is 11.6 Å². The van der Waals surface area contributed by atoms with Crippen LogP contribution in [0.25, 0.3) is 0 Å². The van der Waals surface area contributed by atoms with Crippen LogP contribution < -0.4 is 10.2 Å². The molecule has 0 aliphatic carbocycles. The minimum atomic E-state index is -0.695. The maximum Gasteiger partial charge on any atom is 0.244 e. The lowest BCUT2D eigenvalue weighted by Crippen LogP contribution is -2.38. The van der Waals surface area contributed by atoms with Crippen LogP contribution in [-0.2, 0) is 4.79 Å². The molecule has 1 fully saturated rings. The normalized spacial score (nSPS) is 19.6. The SMILES string of the molecule is CCCNC1CCN(c2ccc(F)cc2F)C1=O. The summed E-state index contributed by atoms with van der Waals surface area (Å²) in [5.41, 5.74) is 0.155. The van der Waals surface area contributed by atoms with Crippen LogP contribution in [0.15, 0.2) is 18.2 Å². The standard InChI is InChI=1S/C13H16F2N2O/c1-2-6-16-11-5-7-17(13(11)18)12-4-3-9(14)8-10(12)15/h3-4,8,11,16H,2,5-7H2,1H3. The van der Waals surface area contributed by atoms with E-state index >= 15 is 0 Å². The van der Waals surface area contributed by atoms with Crippen LogP contribution in [-0.4, -0.2) is 25.0 Å². The van der Waals surface area contributed by atoms with Crippen molar-refractivity contribution < 1.29 is 13.6 Å². The van der Waals surface area contributed by atoms with Gasteiger partial charge >= 0.3 is 0 Å². The summed E-state index contributed by atoms with van der Waals surface area (Å²) in [5, 5.41) is 3.12. The second kappa shape index (κ2) is 5.44. The Balaban J connectivity index is 2.13. The topological polar surface area (TPSA) is 32.3 Å². The number of benzene rings is 1. The fourth-order valence-corrected chi connectivity index (χ4v) is 2.13. The zero-order chi connectivity index (χ0) is 13.1. The molecule has 1 aliphatic heterocycles. The molecule has 1 heterocycles. The van der Waals surface area contributed by atoms with E-state index in [0.29, 0.717) is 13.0 Å². The van der Waals surface area contributed by atoms with Crippen molar-refractivity contribution in [3.63, 3.8) is 0 Å². The van der Waals surface area contributed by atoms with Gasteiger partial charge in [0, 0.05) is 12.6 Å². The Morgan fingerprint density at radius 2 is 2.22 bits per heavy atom. The van der Waals surface area contributed by atoms with E-state index in [1.165, 1.54) is 17.0 Å². The predicted molar refractivity (Wildman–Crippen MR) is 65.4 cm³/mol. The molecule has 1 aromatic rings. The molecule has 1 saturated heterocycles. The third-order valence-corrected chi connectivity index (χ3v) is 3.05. The lowest BCUT2D eigenvalue weighted by Gasteiger charge is -2.17. The number of nitrogens with one attached hydrogen (secondary N) is 1. The van der Waals surface area contributed by atoms with Gasteiger partial charge in [-0.25, -0.2) is 8.78 Å². The van der Waals surface area contributed by atoms with Crippen LogP contribution in [0.2, 0.25) is 0 Å². The molecule has 0 radical (unpaired) electrons. The van der Waals surface area contributed by atoms with E-state index in [-0.39, 0.29) is 17.6 Å². The Bertz CT molecular complexity index is 451. The molecule has 1 unspecified atom stereocenters. The van der Waals surface area contributed by atoms with Crippen LogP contribution >= 0.6 is 0 Å². The van der Waals surface area contributed by atoms with E-state index in [1.807, 2.05) is 6.92 Å². The van der Waals surface area contributed by atoms with Crippen molar-refractivity contribution in [1.82, 2.24) is 5.32 Å². The molecule has 0 saturated carbocycles. The number of amides is 1. The molecule has 1 aliphatic rings. The third kappa shape index (κ3) is 2.51. The number of rotatable bonds is 4. The summed E-state index contributed by atoms with van der Waals surface area (Å²) < 4.78 is 26.4.